The summed E-state index contributed by atoms with van der Waals surface area (Å²) in [6.45, 7) is 6.68. The average molecular weight is 452 g/mol. The number of amides is 2. The predicted molar refractivity (Wildman–Crippen MR) is 120 cm³/mol. The van der Waals surface area contributed by atoms with Crippen LogP contribution in [0.25, 0.3) is 17.0 Å². The maximum atomic E-state index is 14.2. The van der Waals surface area contributed by atoms with Crippen molar-refractivity contribution in [1.29, 1.82) is 0 Å². The van der Waals surface area contributed by atoms with Gasteiger partial charge in [-0.2, -0.15) is 4.98 Å². The quantitative estimate of drug-likeness (QED) is 0.554. The number of carbonyl (C=O) groups is 1. The van der Waals surface area contributed by atoms with Gasteiger partial charge in [-0.3, -0.25) is 4.90 Å². The van der Waals surface area contributed by atoms with Gasteiger partial charge in [0.05, 0.1) is 25.3 Å². The SMILES string of the molecule is CCOc1ccc(C2NC(=O)N(CC)C(C)=C2c2nc(-c3ccc(OC)c(F)c3)no2)cc1. The third-order valence-electron chi connectivity index (χ3n) is 5.50. The third-order valence-corrected chi connectivity index (χ3v) is 5.50. The normalized spacial score (nSPS) is 16.1. The number of carbonyl (C=O) groups excluding carboxylic acids is 1. The van der Waals surface area contributed by atoms with Gasteiger partial charge in [0.25, 0.3) is 5.89 Å². The second kappa shape index (κ2) is 9.32. The largest absolute Gasteiger partial charge is 0.494 e. The Kier molecular flexibility index (Phi) is 6.30. The van der Waals surface area contributed by atoms with E-state index in [1.807, 2.05) is 45.0 Å². The van der Waals surface area contributed by atoms with Gasteiger partial charge < -0.3 is 19.3 Å². The Bertz CT molecular complexity index is 1190. The molecule has 2 amide bonds. The van der Waals surface area contributed by atoms with E-state index in [1.165, 1.54) is 19.2 Å². The summed E-state index contributed by atoms with van der Waals surface area (Å²) in [7, 11) is 1.40. The molecule has 4 rings (SSSR count). The molecule has 2 aromatic carbocycles. The molecule has 0 aliphatic carbocycles. The lowest BCUT2D eigenvalue weighted by atomic mass is 9.94. The van der Waals surface area contributed by atoms with E-state index in [2.05, 4.69) is 15.5 Å². The number of nitrogens with one attached hydrogen (secondary N) is 1. The average Bonchev–Trinajstić information content (AvgIpc) is 3.29. The first-order valence-corrected chi connectivity index (χ1v) is 10.7. The van der Waals surface area contributed by atoms with Gasteiger partial charge >= 0.3 is 6.03 Å². The van der Waals surface area contributed by atoms with Crippen LogP contribution in [0.3, 0.4) is 0 Å². The summed E-state index contributed by atoms with van der Waals surface area (Å²) < 4.78 is 30.3. The molecule has 172 valence electrons. The number of halogens is 1. The number of urea groups is 1. The standard InChI is InChI=1S/C24H25FN4O4/c1-5-29-14(3)20(21(26-24(29)30)15-7-10-17(11-8-15)32-6-2)23-27-22(28-33-23)16-9-12-19(31-4)18(25)13-16/h7-13,21H,5-6H2,1-4H3,(H,26,30). The Balaban J connectivity index is 1.75. The first kappa shape index (κ1) is 22.3. The number of ether oxygens (including phenoxy) is 2. The van der Waals surface area contributed by atoms with Crippen LogP contribution in [0.4, 0.5) is 9.18 Å². The molecule has 1 N–H and O–H groups in total. The van der Waals surface area contributed by atoms with E-state index in [1.54, 1.807) is 11.0 Å². The molecule has 33 heavy (non-hydrogen) atoms. The molecule has 3 aromatic rings. The van der Waals surface area contributed by atoms with Gasteiger partial charge in [0.1, 0.15) is 5.75 Å². The van der Waals surface area contributed by atoms with Crippen molar-refractivity contribution in [3.05, 3.63) is 65.4 Å². The van der Waals surface area contributed by atoms with E-state index in [-0.39, 0.29) is 23.5 Å². The highest BCUT2D eigenvalue weighted by atomic mass is 19.1. The molecule has 2 heterocycles. The van der Waals surface area contributed by atoms with Gasteiger partial charge in [0.2, 0.25) is 5.82 Å². The van der Waals surface area contributed by atoms with Gasteiger partial charge in [-0.25, -0.2) is 9.18 Å². The maximum absolute atomic E-state index is 14.2. The van der Waals surface area contributed by atoms with Crippen LogP contribution in [0.5, 0.6) is 11.5 Å². The minimum Gasteiger partial charge on any atom is -0.494 e. The van der Waals surface area contributed by atoms with Crippen molar-refractivity contribution in [1.82, 2.24) is 20.4 Å². The molecule has 0 spiro atoms. The number of rotatable bonds is 7. The second-order valence-corrected chi connectivity index (χ2v) is 7.40. The summed E-state index contributed by atoms with van der Waals surface area (Å²) in [5.41, 5.74) is 2.67. The number of hydrogen-bond acceptors (Lipinski definition) is 6. The van der Waals surface area contributed by atoms with Crippen LogP contribution >= 0.6 is 0 Å². The van der Waals surface area contributed by atoms with Crippen LogP contribution < -0.4 is 14.8 Å². The molecular weight excluding hydrogens is 427 g/mol. The van der Waals surface area contributed by atoms with Crippen molar-refractivity contribution >= 4 is 11.6 Å². The zero-order valence-electron chi connectivity index (χ0n) is 18.9. The Morgan fingerprint density at radius 3 is 2.58 bits per heavy atom. The topological polar surface area (TPSA) is 89.7 Å². The lowest BCUT2D eigenvalue weighted by Crippen LogP contribution is -2.45. The van der Waals surface area contributed by atoms with E-state index in [0.29, 0.717) is 30.0 Å². The van der Waals surface area contributed by atoms with Crippen molar-refractivity contribution in [3.63, 3.8) is 0 Å². The zero-order chi connectivity index (χ0) is 23.5. The van der Waals surface area contributed by atoms with E-state index in [9.17, 15) is 9.18 Å². The number of nitrogens with zero attached hydrogens (tertiary/aromatic N) is 3. The van der Waals surface area contributed by atoms with Crippen molar-refractivity contribution in [2.45, 2.75) is 26.8 Å². The number of hydrogen-bond donors (Lipinski definition) is 1. The molecule has 0 bridgehead atoms. The molecule has 1 aromatic heterocycles. The van der Waals surface area contributed by atoms with Gasteiger partial charge in [-0.15, -0.1) is 0 Å². The predicted octanol–water partition coefficient (Wildman–Crippen LogP) is 4.80. The van der Waals surface area contributed by atoms with E-state index in [4.69, 9.17) is 14.0 Å². The van der Waals surface area contributed by atoms with E-state index in [0.717, 1.165) is 11.3 Å². The highest BCUT2D eigenvalue weighted by Crippen LogP contribution is 2.37. The van der Waals surface area contributed by atoms with E-state index >= 15 is 0 Å². The Morgan fingerprint density at radius 1 is 1.18 bits per heavy atom. The molecule has 0 saturated carbocycles. The summed E-state index contributed by atoms with van der Waals surface area (Å²) in [6.07, 6.45) is 0. The van der Waals surface area contributed by atoms with Crippen LogP contribution in [-0.4, -0.2) is 41.3 Å². The van der Waals surface area contributed by atoms with Crippen molar-refractivity contribution in [3.8, 4) is 22.9 Å². The summed E-state index contributed by atoms with van der Waals surface area (Å²) >= 11 is 0. The first-order chi connectivity index (χ1) is 16.0. The monoisotopic (exact) mass is 452 g/mol. The highest BCUT2D eigenvalue weighted by Gasteiger charge is 2.35. The van der Waals surface area contributed by atoms with Gasteiger partial charge in [-0.1, -0.05) is 17.3 Å². The minimum atomic E-state index is -0.522. The van der Waals surface area contributed by atoms with Crippen LogP contribution in [0, 0.1) is 5.82 Å². The molecule has 1 unspecified atom stereocenters. The lowest BCUT2D eigenvalue weighted by Gasteiger charge is -2.34. The fourth-order valence-corrected chi connectivity index (χ4v) is 3.87. The molecule has 9 heteroatoms. The molecule has 1 aliphatic rings. The van der Waals surface area contributed by atoms with Crippen LogP contribution in [0.1, 0.15) is 38.3 Å². The smallest absolute Gasteiger partial charge is 0.322 e. The highest BCUT2D eigenvalue weighted by molar-refractivity contribution is 5.86. The number of aromatic nitrogens is 2. The second-order valence-electron chi connectivity index (χ2n) is 7.40. The maximum Gasteiger partial charge on any atom is 0.322 e. The molecule has 8 nitrogen and oxygen atoms in total. The fourth-order valence-electron chi connectivity index (χ4n) is 3.87. The third kappa shape index (κ3) is 4.26. The van der Waals surface area contributed by atoms with Crippen LogP contribution in [0.15, 0.2) is 52.7 Å². The summed E-state index contributed by atoms with van der Waals surface area (Å²) in [6, 6.07) is 11.2. The van der Waals surface area contributed by atoms with Crippen molar-refractivity contribution in [2.24, 2.45) is 0 Å². The minimum absolute atomic E-state index is 0.130. The van der Waals surface area contributed by atoms with Crippen LogP contribution in [0.2, 0.25) is 0 Å². The fraction of sp³-hybridized carbons (Fsp3) is 0.292. The number of methoxy groups -OCH3 is 1. The van der Waals surface area contributed by atoms with Gasteiger partial charge in [0.15, 0.2) is 11.6 Å². The van der Waals surface area contributed by atoms with Gasteiger partial charge in [-0.05, 0) is 56.7 Å². The number of allylic oxidation sites excluding steroid dienone is 1. The van der Waals surface area contributed by atoms with E-state index < -0.39 is 11.9 Å². The number of benzene rings is 2. The van der Waals surface area contributed by atoms with Crippen molar-refractivity contribution < 1.29 is 23.2 Å². The Labute approximate surface area is 191 Å². The first-order valence-electron chi connectivity index (χ1n) is 10.7. The molecule has 0 radical (unpaired) electrons. The molecule has 0 saturated heterocycles. The molecule has 1 aliphatic heterocycles. The van der Waals surface area contributed by atoms with Crippen LogP contribution in [-0.2, 0) is 0 Å². The molecule has 1 atom stereocenters. The van der Waals surface area contributed by atoms with Gasteiger partial charge in [0, 0.05) is 17.8 Å². The molecule has 0 fully saturated rings. The summed E-state index contributed by atoms with van der Waals surface area (Å²) in [4.78, 5) is 18.9. The molecular formula is C24H25FN4O4. The van der Waals surface area contributed by atoms with Crippen molar-refractivity contribution in [2.75, 3.05) is 20.3 Å². The Morgan fingerprint density at radius 2 is 1.94 bits per heavy atom. The summed E-state index contributed by atoms with van der Waals surface area (Å²) in [5.74, 6) is 0.826. The Hall–Kier alpha value is -3.88. The lowest BCUT2D eigenvalue weighted by molar-refractivity contribution is 0.207. The summed E-state index contributed by atoms with van der Waals surface area (Å²) in [5, 5.41) is 7.07. The zero-order valence-corrected chi connectivity index (χ0v) is 18.9.